The molecule has 3 N–H and O–H groups in total. The first-order chi connectivity index (χ1) is 11.8. The van der Waals surface area contributed by atoms with E-state index < -0.39 is 41.7 Å². The van der Waals surface area contributed by atoms with Crippen molar-refractivity contribution in [2.24, 2.45) is 0 Å². The molecule has 1 aromatic heterocycles. The number of aromatic nitrogens is 1. The minimum absolute atomic E-state index is 0.114. The van der Waals surface area contributed by atoms with Crippen LogP contribution < -0.4 is 5.32 Å². The van der Waals surface area contributed by atoms with Crippen LogP contribution in [0.15, 0.2) is 18.5 Å². The first kappa shape index (κ1) is 20.4. The maximum absolute atomic E-state index is 13.6. The summed E-state index contributed by atoms with van der Waals surface area (Å²) in [6, 6.07) is -0.0714. The number of esters is 1. The number of Topliss-reactive ketones (excluding diaryl/α,β-unsaturated/α-hetero) is 1. The van der Waals surface area contributed by atoms with Gasteiger partial charge in [0.15, 0.2) is 11.9 Å². The zero-order chi connectivity index (χ0) is 19.0. The number of aliphatic hydroxyl groups is 1. The highest BCUT2D eigenvalue weighted by atomic mass is 19.1. The molecule has 1 aromatic rings. The van der Waals surface area contributed by atoms with Gasteiger partial charge < -0.3 is 20.6 Å². The second kappa shape index (κ2) is 9.58. The Hall–Kier alpha value is -2.68. The number of amides is 1. The van der Waals surface area contributed by atoms with Crippen LogP contribution in [0.2, 0.25) is 0 Å². The number of hydrogen-bond acceptors (Lipinski definition) is 7. The molecule has 1 rings (SSSR count). The molecule has 0 aromatic carbocycles. The van der Waals surface area contributed by atoms with Crippen LogP contribution in [-0.4, -0.2) is 46.1 Å². The maximum Gasteiger partial charge on any atom is 0.328 e. The van der Waals surface area contributed by atoms with Crippen molar-refractivity contribution < 1.29 is 28.6 Å². The molecule has 8 nitrogen and oxygen atoms in total. The summed E-state index contributed by atoms with van der Waals surface area (Å²) in [5.41, 5.74) is -0.293. The normalized spacial score (nSPS) is 13.0. The van der Waals surface area contributed by atoms with E-state index >= 15 is 0 Å². The molecule has 0 aliphatic rings. The summed E-state index contributed by atoms with van der Waals surface area (Å²) in [5.74, 6) is -3.20. The predicted molar refractivity (Wildman–Crippen MR) is 85.3 cm³/mol. The Bertz CT molecular complexity index is 650. The molecule has 0 fully saturated rings. The van der Waals surface area contributed by atoms with E-state index in [0.29, 0.717) is 6.21 Å². The van der Waals surface area contributed by atoms with Crippen molar-refractivity contribution in [3.05, 3.63) is 29.8 Å². The lowest BCUT2D eigenvalue weighted by molar-refractivity contribution is -0.152. The van der Waals surface area contributed by atoms with Gasteiger partial charge in [0.2, 0.25) is 0 Å². The number of halogens is 1. The van der Waals surface area contributed by atoms with Crippen LogP contribution in [0.5, 0.6) is 0 Å². The predicted octanol–water partition coefficient (Wildman–Crippen LogP) is 0.689. The van der Waals surface area contributed by atoms with Crippen LogP contribution in [0.1, 0.15) is 38.4 Å². The Balaban J connectivity index is 2.85. The Morgan fingerprint density at radius 1 is 1.44 bits per heavy atom. The summed E-state index contributed by atoms with van der Waals surface area (Å²) < 4.78 is 18.6. The fourth-order valence-corrected chi connectivity index (χ4v) is 1.92. The van der Waals surface area contributed by atoms with Crippen molar-refractivity contribution in [2.45, 2.75) is 44.9 Å². The van der Waals surface area contributed by atoms with Crippen molar-refractivity contribution >= 4 is 23.9 Å². The van der Waals surface area contributed by atoms with Crippen molar-refractivity contribution in [2.75, 3.05) is 0 Å². The molecule has 0 aliphatic heterocycles. The molecule has 0 saturated heterocycles. The first-order valence-corrected chi connectivity index (χ1v) is 7.58. The Kier molecular flexibility index (Phi) is 7.80. The molecular weight excluding hydrogens is 333 g/mol. The SMILES string of the molecule is CC(C)OC(=O)[C@H](CCC(=O)C=N)NC(=O)[C@@H](O)c1ccncc1F. The van der Waals surface area contributed by atoms with Crippen molar-refractivity contribution in [1.29, 1.82) is 5.41 Å². The second-order valence-corrected chi connectivity index (χ2v) is 5.50. The Morgan fingerprint density at radius 3 is 2.68 bits per heavy atom. The zero-order valence-corrected chi connectivity index (χ0v) is 13.9. The highest BCUT2D eigenvalue weighted by Crippen LogP contribution is 2.16. The molecule has 136 valence electrons. The number of ether oxygens (including phenoxy) is 1. The van der Waals surface area contributed by atoms with Crippen molar-refractivity contribution in [3.8, 4) is 0 Å². The number of hydrogen-bond donors (Lipinski definition) is 3. The van der Waals surface area contributed by atoms with E-state index in [0.717, 1.165) is 12.3 Å². The van der Waals surface area contributed by atoms with E-state index in [9.17, 15) is 23.9 Å². The van der Waals surface area contributed by atoms with Gasteiger partial charge in [-0.2, -0.15) is 0 Å². The van der Waals surface area contributed by atoms with Gasteiger partial charge in [0.25, 0.3) is 5.91 Å². The average Bonchev–Trinajstić information content (AvgIpc) is 2.57. The molecular formula is C16H20FN3O5. The number of carbonyl (C=O) groups is 3. The molecule has 25 heavy (non-hydrogen) atoms. The quantitative estimate of drug-likeness (QED) is 0.442. The highest BCUT2D eigenvalue weighted by molar-refractivity contribution is 6.26. The molecule has 0 unspecified atom stereocenters. The number of ketones is 1. The maximum atomic E-state index is 13.6. The number of nitrogens with one attached hydrogen (secondary N) is 2. The smallest absolute Gasteiger partial charge is 0.328 e. The third-order valence-corrected chi connectivity index (χ3v) is 3.14. The van der Waals surface area contributed by atoms with Gasteiger partial charge in [-0.1, -0.05) is 0 Å². The topological polar surface area (TPSA) is 129 Å². The fourth-order valence-electron chi connectivity index (χ4n) is 1.92. The van der Waals surface area contributed by atoms with E-state index in [2.05, 4.69) is 10.3 Å². The summed E-state index contributed by atoms with van der Waals surface area (Å²) in [6.45, 7) is 3.22. The molecule has 1 heterocycles. The Morgan fingerprint density at radius 2 is 2.12 bits per heavy atom. The van der Waals surface area contributed by atoms with Crippen molar-refractivity contribution in [1.82, 2.24) is 10.3 Å². The number of rotatable bonds is 9. The third kappa shape index (κ3) is 6.38. The summed E-state index contributed by atoms with van der Waals surface area (Å²) in [4.78, 5) is 38.9. The first-order valence-electron chi connectivity index (χ1n) is 7.58. The minimum atomic E-state index is -1.85. The highest BCUT2D eigenvalue weighted by Gasteiger charge is 2.28. The van der Waals surface area contributed by atoms with Crippen LogP contribution in [0.25, 0.3) is 0 Å². The number of carbonyl (C=O) groups excluding carboxylic acids is 3. The van der Waals surface area contributed by atoms with Crippen LogP contribution in [0, 0.1) is 11.2 Å². The molecule has 1 amide bonds. The van der Waals surface area contributed by atoms with E-state index in [1.165, 1.54) is 6.20 Å². The van der Waals surface area contributed by atoms with Gasteiger partial charge in [-0.25, -0.2) is 9.18 Å². The van der Waals surface area contributed by atoms with E-state index in [1.807, 2.05) is 0 Å². The fraction of sp³-hybridized carbons (Fsp3) is 0.438. The second-order valence-electron chi connectivity index (χ2n) is 5.50. The van der Waals surface area contributed by atoms with Gasteiger partial charge >= 0.3 is 5.97 Å². The number of aliphatic hydroxyl groups excluding tert-OH is 1. The minimum Gasteiger partial charge on any atom is -0.461 e. The zero-order valence-electron chi connectivity index (χ0n) is 13.9. The molecule has 0 radical (unpaired) electrons. The largest absolute Gasteiger partial charge is 0.461 e. The van der Waals surface area contributed by atoms with Gasteiger partial charge in [-0.3, -0.25) is 14.6 Å². The summed E-state index contributed by atoms with van der Waals surface area (Å²) in [7, 11) is 0. The molecule has 0 bridgehead atoms. The average molecular weight is 353 g/mol. The molecule has 0 saturated carbocycles. The van der Waals surface area contributed by atoms with Gasteiger partial charge in [0.1, 0.15) is 11.9 Å². The van der Waals surface area contributed by atoms with Gasteiger partial charge in [0, 0.05) is 18.2 Å². The van der Waals surface area contributed by atoms with Gasteiger partial charge in [-0.15, -0.1) is 0 Å². The number of nitrogens with zero attached hydrogens (tertiary/aromatic N) is 1. The Labute approximate surface area is 143 Å². The molecule has 0 spiro atoms. The third-order valence-electron chi connectivity index (χ3n) is 3.14. The summed E-state index contributed by atoms with van der Waals surface area (Å²) >= 11 is 0. The van der Waals surface area contributed by atoms with Crippen LogP contribution in [-0.2, 0) is 19.1 Å². The summed E-state index contributed by atoms with van der Waals surface area (Å²) in [5, 5.41) is 19.1. The monoisotopic (exact) mass is 353 g/mol. The van der Waals surface area contributed by atoms with Gasteiger partial charge in [-0.05, 0) is 26.3 Å². The van der Waals surface area contributed by atoms with E-state index in [-0.39, 0.29) is 18.4 Å². The lowest BCUT2D eigenvalue weighted by Gasteiger charge is -2.20. The van der Waals surface area contributed by atoms with Crippen LogP contribution >= 0.6 is 0 Å². The van der Waals surface area contributed by atoms with E-state index in [1.54, 1.807) is 13.8 Å². The molecule has 2 atom stereocenters. The van der Waals surface area contributed by atoms with Gasteiger partial charge in [0.05, 0.1) is 18.5 Å². The van der Waals surface area contributed by atoms with Crippen LogP contribution in [0.3, 0.4) is 0 Å². The lowest BCUT2D eigenvalue weighted by atomic mass is 10.1. The van der Waals surface area contributed by atoms with E-state index in [4.69, 9.17) is 10.1 Å². The lowest BCUT2D eigenvalue weighted by Crippen LogP contribution is -2.45. The molecule has 0 aliphatic carbocycles. The standard InChI is InChI=1S/C16H20FN3O5/c1-9(2)25-16(24)13(4-3-10(21)7-18)20-15(23)14(22)11-5-6-19-8-12(11)17/h5-9,13-14,18,22H,3-4H2,1-2H3,(H,20,23)/t13-,14-/m0/s1. The molecule has 9 heteroatoms. The van der Waals surface area contributed by atoms with Crippen LogP contribution in [0.4, 0.5) is 4.39 Å². The van der Waals surface area contributed by atoms with Crippen molar-refractivity contribution in [3.63, 3.8) is 0 Å². The number of pyridine rings is 1. The summed E-state index contributed by atoms with van der Waals surface area (Å²) in [6.07, 6.45) is 0.0803.